The van der Waals surface area contributed by atoms with Crippen LogP contribution in [0.15, 0.2) is 30.3 Å². The summed E-state index contributed by atoms with van der Waals surface area (Å²) < 4.78 is 17.6. The van der Waals surface area contributed by atoms with Crippen LogP contribution in [-0.2, 0) is 20.8 Å². The van der Waals surface area contributed by atoms with Gasteiger partial charge < -0.3 is 14.2 Å². The lowest BCUT2D eigenvalue weighted by Gasteiger charge is -2.39. The fourth-order valence-electron chi connectivity index (χ4n) is 2.18. The molecule has 1 aliphatic heterocycles. The van der Waals surface area contributed by atoms with Crippen LogP contribution >= 0.6 is 0 Å². The minimum Gasteiger partial charge on any atom is -0.366 e. The normalized spacial score (nSPS) is 27.4. The summed E-state index contributed by atoms with van der Waals surface area (Å²) in [5, 5.41) is 0. The summed E-state index contributed by atoms with van der Waals surface area (Å²) in [4.78, 5) is 0. The van der Waals surface area contributed by atoms with E-state index in [1.54, 1.807) is 0 Å². The molecule has 2 rings (SSSR count). The molecular formula is C16H24O3. The molecule has 0 atom stereocenters. The quantitative estimate of drug-likeness (QED) is 0.786. The second-order valence-corrected chi connectivity index (χ2v) is 5.15. The third kappa shape index (κ3) is 4.03. The van der Waals surface area contributed by atoms with Crippen molar-refractivity contribution in [3.05, 3.63) is 35.9 Å². The molecular weight excluding hydrogens is 240 g/mol. The molecule has 0 aliphatic carbocycles. The molecule has 1 saturated heterocycles. The SMILES string of the molecule is CCCC1OCC(CC)(OCc2ccccc2)CO1. The van der Waals surface area contributed by atoms with Gasteiger partial charge in [-0.3, -0.25) is 0 Å². The van der Waals surface area contributed by atoms with Gasteiger partial charge in [-0.1, -0.05) is 50.6 Å². The van der Waals surface area contributed by atoms with E-state index in [2.05, 4.69) is 26.0 Å². The second-order valence-electron chi connectivity index (χ2n) is 5.15. The van der Waals surface area contributed by atoms with E-state index >= 15 is 0 Å². The van der Waals surface area contributed by atoms with Crippen LogP contribution in [-0.4, -0.2) is 25.1 Å². The Kier molecular flexibility index (Phi) is 5.37. The van der Waals surface area contributed by atoms with Gasteiger partial charge in [-0.2, -0.15) is 0 Å². The van der Waals surface area contributed by atoms with E-state index in [0.717, 1.165) is 19.3 Å². The van der Waals surface area contributed by atoms with E-state index in [1.807, 2.05) is 18.2 Å². The molecule has 3 nitrogen and oxygen atoms in total. The van der Waals surface area contributed by atoms with Crippen molar-refractivity contribution in [1.82, 2.24) is 0 Å². The Morgan fingerprint density at radius 1 is 1.16 bits per heavy atom. The fourth-order valence-corrected chi connectivity index (χ4v) is 2.18. The molecule has 0 amide bonds. The lowest BCUT2D eigenvalue weighted by Crippen LogP contribution is -2.48. The molecule has 1 fully saturated rings. The maximum absolute atomic E-state index is 6.08. The maximum Gasteiger partial charge on any atom is 0.157 e. The fraction of sp³-hybridized carbons (Fsp3) is 0.625. The smallest absolute Gasteiger partial charge is 0.157 e. The van der Waals surface area contributed by atoms with E-state index in [9.17, 15) is 0 Å². The zero-order valence-corrected chi connectivity index (χ0v) is 11.9. The zero-order valence-electron chi connectivity index (χ0n) is 11.9. The van der Waals surface area contributed by atoms with E-state index < -0.39 is 0 Å². The number of ether oxygens (including phenoxy) is 3. The third-order valence-electron chi connectivity index (χ3n) is 3.62. The molecule has 106 valence electrons. The topological polar surface area (TPSA) is 27.7 Å². The van der Waals surface area contributed by atoms with Crippen LogP contribution in [0.5, 0.6) is 0 Å². The second kappa shape index (κ2) is 7.04. The van der Waals surface area contributed by atoms with Crippen LogP contribution in [0.2, 0.25) is 0 Å². The molecule has 0 N–H and O–H groups in total. The molecule has 19 heavy (non-hydrogen) atoms. The molecule has 0 bridgehead atoms. The highest BCUT2D eigenvalue weighted by atomic mass is 16.7. The van der Waals surface area contributed by atoms with Crippen LogP contribution in [0.1, 0.15) is 38.7 Å². The number of hydrogen-bond acceptors (Lipinski definition) is 3. The number of rotatable bonds is 6. The lowest BCUT2D eigenvalue weighted by atomic mass is 10.0. The summed E-state index contributed by atoms with van der Waals surface area (Å²) in [6.07, 6.45) is 2.89. The third-order valence-corrected chi connectivity index (χ3v) is 3.62. The van der Waals surface area contributed by atoms with Gasteiger partial charge in [-0.25, -0.2) is 0 Å². The first kappa shape index (κ1) is 14.5. The minimum absolute atomic E-state index is 0.0509. The molecule has 3 heteroatoms. The van der Waals surface area contributed by atoms with Crippen molar-refractivity contribution in [3.63, 3.8) is 0 Å². The number of hydrogen-bond donors (Lipinski definition) is 0. The van der Waals surface area contributed by atoms with Gasteiger partial charge in [-0.05, 0) is 18.4 Å². The van der Waals surface area contributed by atoms with E-state index in [4.69, 9.17) is 14.2 Å². The van der Waals surface area contributed by atoms with Crippen LogP contribution in [0.4, 0.5) is 0 Å². The van der Waals surface area contributed by atoms with Gasteiger partial charge in [0.15, 0.2) is 6.29 Å². The molecule has 0 radical (unpaired) electrons. The molecule has 1 aromatic rings. The van der Waals surface area contributed by atoms with Gasteiger partial charge in [0, 0.05) is 0 Å². The molecule has 0 unspecified atom stereocenters. The Bertz CT molecular complexity index is 356. The summed E-state index contributed by atoms with van der Waals surface area (Å²) in [5.41, 5.74) is 0.895. The Morgan fingerprint density at radius 2 is 1.84 bits per heavy atom. The Balaban J connectivity index is 1.86. The summed E-state index contributed by atoms with van der Waals surface area (Å²) in [7, 11) is 0. The van der Waals surface area contributed by atoms with Crippen molar-refractivity contribution in [3.8, 4) is 0 Å². The standard InChI is InChI=1S/C16H24O3/c1-3-8-15-17-12-16(4-2,13-18-15)19-11-14-9-6-5-7-10-14/h5-7,9-10,15H,3-4,8,11-13H2,1-2H3. The van der Waals surface area contributed by atoms with Gasteiger partial charge in [0.25, 0.3) is 0 Å². The van der Waals surface area contributed by atoms with Crippen molar-refractivity contribution >= 4 is 0 Å². The summed E-state index contributed by atoms with van der Waals surface area (Å²) in [6, 6.07) is 10.2. The predicted molar refractivity (Wildman–Crippen MR) is 74.9 cm³/mol. The molecule has 0 aromatic heterocycles. The summed E-state index contributed by atoms with van der Waals surface area (Å²) in [6.45, 7) is 6.13. The van der Waals surface area contributed by atoms with E-state index in [-0.39, 0.29) is 11.9 Å². The Labute approximate surface area is 115 Å². The van der Waals surface area contributed by atoms with Crippen molar-refractivity contribution in [2.45, 2.75) is 51.6 Å². The largest absolute Gasteiger partial charge is 0.366 e. The van der Waals surface area contributed by atoms with Gasteiger partial charge in [0.2, 0.25) is 0 Å². The average Bonchev–Trinajstić information content (AvgIpc) is 2.48. The van der Waals surface area contributed by atoms with E-state index in [1.165, 1.54) is 5.56 Å². The van der Waals surface area contributed by atoms with Gasteiger partial charge in [0.05, 0.1) is 19.8 Å². The molecule has 0 spiro atoms. The molecule has 1 aromatic carbocycles. The lowest BCUT2D eigenvalue weighted by molar-refractivity contribution is -0.270. The van der Waals surface area contributed by atoms with Crippen molar-refractivity contribution in [2.75, 3.05) is 13.2 Å². The average molecular weight is 264 g/mol. The first-order chi connectivity index (χ1) is 9.28. The Morgan fingerprint density at radius 3 is 2.42 bits per heavy atom. The van der Waals surface area contributed by atoms with Crippen LogP contribution < -0.4 is 0 Å². The predicted octanol–water partition coefficient (Wildman–Crippen LogP) is 3.53. The van der Waals surface area contributed by atoms with Gasteiger partial charge in [-0.15, -0.1) is 0 Å². The number of benzene rings is 1. The zero-order chi connectivity index (χ0) is 13.6. The molecule has 0 saturated carbocycles. The van der Waals surface area contributed by atoms with Crippen molar-refractivity contribution in [2.24, 2.45) is 0 Å². The monoisotopic (exact) mass is 264 g/mol. The first-order valence-electron chi connectivity index (χ1n) is 7.19. The highest BCUT2D eigenvalue weighted by Gasteiger charge is 2.36. The highest BCUT2D eigenvalue weighted by molar-refractivity contribution is 5.13. The van der Waals surface area contributed by atoms with Crippen LogP contribution in [0.3, 0.4) is 0 Å². The highest BCUT2D eigenvalue weighted by Crippen LogP contribution is 2.26. The Hall–Kier alpha value is -0.900. The van der Waals surface area contributed by atoms with Crippen LogP contribution in [0.25, 0.3) is 0 Å². The molecule has 1 heterocycles. The van der Waals surface area contributed by atoms with Crippen molar-refractivity contribution in [1.29, 1.82) is 0 Å². The maximum atomic E-state index is 6.08. The van der Waals surface area contributed by atoms with Gasteiger partial charge in [0.1, 0.15) is 5.60 Å². The molecule has 1 aliphatic rings. The van der Waals surface area contributed by atoms with Crippen molar-refractivity contribution < 1.29 is 14.2 Å². The van der Waals surface area contributed by atoms with Crippen LogP contribution in [0, 0.1) is 0 Å². The summed E-state index contributed by atoms with van der Waals surface area (Å²) in [5.74, 6) is 0. The van der Waals surface area contributed by atoms with Gasteiger partial charge >= 0.3 is 0 Å². The summed E-state index contributed by atoms with van der Waals surface area (Å²) >= 11 is 0. The van der Waals surface area contributed by atoms with E-state index in [0.29, 0.717) is 19.8 Å². The first-order valence-corrected chi connectivity index (χ1v) is 7.19. The minimum atomic E-state index is -0.292.